The summed E-state index contributed by atoms with van der Waals surface area (Å²) in [7, 11) is 0. The average Bonchev–Trinajstić information content (AvgIpc) is 2.54. The summed E-state index contributed by atoms with van der Waals surface area (Å²) in [6.45, 7) is 15.5. The van der Waals surface area contributed by atoms with Gasteiger partial charge in [0.2, 0.25) is 11.9 Å². The van der Waals surface area contributed by atoms with Crippen LogP contribution in [-0.2, 0) is 4.79 Å². The van der Waals surface area contributed by atoms with Crippen molar-refractivity contribution in [1.82, 2.24) is 10.6 Å². The molecule has 148 valence electrons. The number of guanidine groups is 1. The number of nitrogens with one attached hydrogen (secondary N) is 2. The summed E-state index contributed by atoms with van der Waals surface area (Å²) in [5.41, 5.74) is 5.80. The number of rotatable bonds is 5. The molecule has 1 aliphatic carbocycles. The van der Waals surface area contributed by atoms with Gasteiger partial charge in [0.1, 0.15) is 5.82 Å². The molecule has 0 radical (unpaired) electrons. The van der Waals surface area contributed by atoms with Gasteiger partial charge < -0.3 is 21.5 Å². The summed E-state index contributed by atoms with van der Waals surface area (Å²) < 4.78 is 0. The fourth-order valence-electron chi connectivity index (χ4n) is 2.60. The molecule has 4 atom stereocenters. The molecule has 0 heterocycles. The molecule has 0 aromatic carbocycles. The first kappa shape index (κ1) is 22.2. The number of carbonyl (C=O) groups is 1. The van der Waals surface area contributed by atoms with Crippen LogP contribution < -0.4 is 16.4 Å². The molecule has 1 fully saturated rings. The van der Waals surface area contributed by atoms with Crippen LogP contribution in [0.4, 0.5) is 0 Å². The summed E-state index contributed by atoms with van der Waals surface area (Å²) in [6, 6.07) is 0.0482. The summed E-state index contributed by atoms with van der Waals surface area (Å²) in [5, 5.41) is 16.5. The van der Waals surface area contributed by atoms with E-state index in [0.717, 1.165) is 12.8 Å². The van der Waals surface area contributed by atoms with Crippen molar-refractivity contribution in [3.8, 4) is 0 Å². The van der Waals surface area contributed by atoms with Crippen molar-refractivity contribution < 1.29 is 9.90 Å². The fourth-order valence-corrected chi connectivity index (χ4v) is 2.60. The van der Waals surface area contributed by atoms with Crippen molar-refractivity contribution >= 4 is 18.6 Å². The zero-order valence-electron chi connectivity index (χ0n) is 17.0. The number of nitrogens with two attached hydrogens (primary N) is 1. The van der Waals surface area contributed by atoms with E-state index in [9.17, 15) is 9.90 Å². The Labute approximate surface area is 157 Å². The standard InChI is InChI=1S/C19H35N5O2/c1-11-8-9-14(10-15(11)25)23-17(12(2)16(20)26)24-18(21-7)22-13(3)19(4,5)6/h11,13-15,23,25H,7-10H2,1-6H3,(H2,20,26)(H,22,24)/b17-12+/t11-,13+,14-,15-/m1/s1. The van der Waals surface area contributed by atoms with Crippen molar-refractivity contribution in [2.24, 2.45) is 27.1 Å². The molecular weight excluding hydrogens is 330 g/mol. The second kappa shape index (κ2) is 9.16. The van der Waals surface area contributed by atoms with Crippen LogP contribution in [0.5, 0.6) is 0 Å². The quantitative estimate of drug-likeness (QED) is 0.339. The van der Waals surface area contributed by atoms with Crippen molar-refractivity contribution in [1.29, 1.82) is 0 Å². The predicted molar refractivity (Wildman–Crippen MR) is 107 cm³/mol. The predicted octanol–water partition coefficient (Wildman–Crippen LogP) is 1.92. The van der Waals surface area contributed by atoms with E-state index < -0.39 is 5.91 Å². The number of hydrogen-bond donors (Lipinski definition) is 4. The number of aliphatic imine (C=N–C) groups is 2. The Morgan fingerprint density at radius 2 is 1.96 bits per heavy atom. The number of hydrogen-bond acceptors (Lipinski definition) is 4. The van der Waals surface area contributed by atoms with Crippen LogP contribution in [0.2, 0.25) is 0 Å². The molecule has 1 amide bonds. The van der Waals surface area contributed by atoms with E-state index in [-0.39, 0.29) is 29.5 Å². The molecule has 0 aromatic rings. The smallest absolute Gasteiger partial charge is 0.247 e. The minimum atomic E-state index is -0.531. The van der Waals surface area contributed by atoms with Gasteiger partial charge in [-0.3, -0.25) is 4.79 Å². The molecule has 1 aliphatic rings. The van der Waals surface area contributed by atoms with Gasteiger partial charge in [0.05, 0.1) is 17.7 Å². The van der Waals surface area contributed by atoms with Crippen LogP contribution in [0, 0.1) is 11.3 Å². The van der Waals surface area contributed by atoms with Gasteiger partial charge in [-0.05, 0) is 51.2 Å². The molecule has 7 nitrogen and oxygen atoms in total. The lowest BCUT2D eigenvalue weighted by atomic mass is 9.85. The lowest BCUT2D eigenvalue weighted by Gasteiger charge is -2.33. The second-order valence-corrected chi connectivity index (χ2v) is 8.34. The largest absolute Gasteiger partial charge is 0.393 e. The molecular formula is C19H35N5O2. The zero-order chi connectivity index (χ0) is 20.1. The molecule has 0 aromatic heterocycles. The van der Waals surface area contributed by atoms with E-state index in [1.807, 2.05) is 13.8 Å². The Morgan fingerprint density at radius 1 is 1.35 bits per heavy atom. The summed E-state index contributed by atoms with van der Waals surface area (Å²) in [4.78, 5) is 20.2. The molecule has 1 saturated carbocycles. The van der Waals surface area contributed by atoms with Gasteiger partial charge in [0, 0.05) is 6.04 Å². The van der Waals surface area contributed by atoms with Gasteiger partial charge >= 0.3 is 0 Å². The summed E-state index contributed by atoms with van der Waals surface area (Å²) in [5.74, 6) is 0.555. The Balaban J connectivity index is 3.01. The number of amides is 1. The Bertz CT molecular complexity index is 577. The van der Waals surface area contributed by atoms with Gasteiger partial charge in [0.15, 0.2) is 0 Å². The molecule has 7 heteroatoms. The molecule has 1 rings (SSSR count). The topological polar surface area (TPSA) is 112 Å². The van der Waals surface area contributed by atoms with Crippen molar-refractivity contribution in [2.75, 3.05) is 0 Å². The third kappa shape index (κ3) is 6.44. The Hall–Kier alpha value is -1.89. The Kier molecular flexibility index (Phi) is 7.81. The first-order valence-corrected chi connectivity index (χ1v) is 9.22. The van der Waals surface area contributed by atoms with Crippen LogP contribution >= 0.6 is 0 Å². The number of carbonyl (C=O) groups excluding carboxylic acids is 1. The lowest BCUT2D eigenvalue weighted by Crippen LogP contribution is -2.44. The van der Waals surface area contributed by atoms with Crippen LogP contribution in [0.25, 0.3) is 0 Å². The van der Waals surface area contributed by atoms with E-state index in [2.05, 4.69) is 48.1 Å². The first-order valence-electron chi connectivity index (χ1n) is 9.22. The SMILES string of the molecule is C=NC(=N[C@@H](C)C(C)(C)C)N/C(N[C@@H]1CC[C@@H](C)[C@H](O)C1)=C(\C)C(N)=O. The average molecular weight is 366 g/mol. The van der Waals surface area contributed by atoms with Crippen molar-refractivity contribution in [3.05, 3.63) is 11.4 Å². The normalized spacial score (nSPS) is 26.6. The maximum absolute atomic E-state index is 11.7. The molecule has 0 bridgehead atoms. The van der Waals surface area contributed by atoms with Gasteiger partial charge in [0.25, 0.3) is 0 Å². The third-order valence-corrected chi connectivity index (χ3v) is 5.20. The highest BCUT2D eigenvalue weighted by Gasteiger charge is 2.27. The van der Waals surface area contributed by atoms with E-state index in [1.165, 1.54) is 0 Å². The molecule has 26 heavy (non-hydrogen) atoms. The van der Waals surface area contributed by atoms with Crippen LogP contribution in [0.1, 0.15) is 60.8 Å². The molecule has 0 spiro atoms. The molecule has 0 saturated heterocycles. The van der Waals surface area contributed by atoms with Crippen molar-refractivity contribution in [2.45, 2.75) is 79.0 Å². The summed E-state index contributed by atoms with van der Waals surface area (Å²) in [6.07, 6.45) is 2.08. The monoisotopic (exact) mass is 365 g/mol. The minimum Gasteiger partial charge on any atom is -0.393 e. The van der Waals surface area contributed by atoms with Gasteiger partial charge in [-0.1, -0.05) is 27.7 Å². The second-order valence-electron chi connectivity index (χ2n) is 8.34. The van der Waals surface area contributed by atoms with Crippen LogP contribution in [0.15, 0.2) is 21.4 Å². The van der Waals surface area contributed by atoms with Gasteiger partial charge in [-0.15, -0.1) is 0 Å². The number of aliphatic hydroxyl groups is 1. The van der Waals surface area contributed by atoms with Crippen LogP contribution in [0.3, 0.4) is 0 Å². The van der Waals surface area contributed by atoms with E-state index >= 15 is 0 Å². The van der Waals surface area contributed by atoms with Gasteiger partial charge in [-0.2, -0.15) is 0 Å². The van der Waals surface area contributed by atoms with Gasteiger partial charge in [-0.25, -0.2) is 9.98 Å². The first-order chi connectivity index (χ1) is 12.0. The Morgan fingerprint density at radius 3 is 2.42 bits per heavy atom. The maximum atomic E-state index is 11.7. The highest BCUT2D eigenvalue weighted by atomic mass is 16.3. The number of nitrogens with zero attached hydrogens (tertiary/aromatic N) is 2. The van der Waals surface area contributed by atoms with Crippen LogP contribution in [-0.4, -0.2) is 41.9 Å². The van der Waals surface area contributed by atoms with Crippen molar-refractivity contribution in [3.63, 3.8) is 0 Å². The molecule has 0 unspecified atom stereocenters. The highest BCUT2D eigenvalue weighted by Crippen LogP contribution is 2.25. The zero-order valence-corrected chi connectivity index (χ0v) is 17.0. The molecule has 5 N–H and O–H groups in total. The lowest BCUT2D eigenvalue weighted by molar-refractivity contribution is -0.114. The van der Waals surface area contributed by atoms with E-state index in [4.69, 9.17) is 5.73 Å². The fraction of sp³-hybridized carbons (Fsp3) is 0.737. The molecule has 0 aliphatic heterocycles. The highest BCUT2D eigenvalue weighted by molar-refractivity contribution is 5.93. The minimum absolute atomic E-state index is 0.00277. The van der Waals surface area contributed by atoms with E-state index in [1.54, 1.807) is 6.92 Å². The number of primary amides is 1. The summed E-state index contributed by atoms with van der Waals surface area (Å²) >= 11 is 0. The van der Waals surface area contributed by atoms with E-state index in [0.29, 0.717) is 23.8 Å². The number of aliphatic hydroxyl groups excluding tert-OH is 1. The maximum Gasteiger partial charge on any atom is 0.247 e. The third-order valence-electron chi connectivity index (χ3n) is 5.20.